The normalized spacial score (nSPS) is 10.2. The molecule has 0 unspecified atom stereocenters. The average molecular weight is 380 g/mol. The molecule has 3 rings (SSSR count). The summed E-state index contributed by atoms with van der Waals surface area (Å²) >= 11 is 0. The highest BCUT2D eigenvalue weighted by Gasteiger charge is 2.28. The molecule has 10 nitrogen and oxygen atoms in total. The molecule has 0 aliphatic rings. The van der Waals surface area contributed by atoms with Gasteiger partial charge in [0.2, 0.25) is 11.6 Å². The number of aromatic nitrogens is 3. The van der Waals surface area contributed by atoms with Crippen LogP contribution in [0.4, 0.5) is 28.8 Å². The van der Waals surface area contributed by atoms with Crippen molar-refractivity contribution >= 4 is 34.8 Å². The van der Waals surface area contributed by atoms with Crippen molar-refractivity contribution in [3.63, 3.8) is 0 Å². The van der Waals surface area contributed by atoms with Crippen molar-refractivity contribution < 1.29 is 14.5 Å². The third-order valence-electron chi connectivity index (χ3n) is 3.89. The molecule has 0 radical (unpaired) electrons. The van der Waals surface area contributed by atoms with Gasteiger partial charge >= 0.3 is 11.7 Å². The number of rotatable bonds is 6. The monoisotopic (exact) mass is 380 g/mol. The number of carbonyl (C=O) groups is 1. The van der Waals surface area contributed by atoms with E-state index in [1.165, 1.54) is 18.3 Å². The molecule has 0 saturated carbocycles. The molecule has 3 aromatic rings. The van der Waals surface area contributed by atoms with E-state index in [4.69, 9.17) is 4.74 Å². The molecule has 0 saturated heterocycles. The van der Waals surface area contributed by atoms with Crippen LogP contribution in [0, 0.1) is 10.1 Å². The number of nitrogens with one attached hydrogen (secondary N) is 1. The summed E-state index contributed by atoms with van der Waals surface area (Å²) in [5.41, 5.74) is 0.301. The fraction of sp³-hybridized carbons (Fsp3) is 0.111. The molecule has 0 bridgehead atoms. The van der Waals surface area contributed by atoms with E-state index >= 15 is 0 Å². The maximum absolute atomic E-state index is 12.1. The third kappa shape index (κ3) is 3.70. The smallest absolute Gasteiger partial charge is 0.354 e. The first-order chi connectivity index (χ1) is 13.5. The van der Waals surface area contributed by atoms with Crippen LogP contribution in [-0.2, 0) is 4.74 Å². The number of nitrogens with zero attached hydrogens (tertiary/aromatic N) is 5. The quantitative estimate of drug-likeness (QED) is 0.390. The molecular weight excluding hydrogens is 364 g/mol. The first kappa shape index (κ1) is 18.7. The summed E-state index contributed by atoms with van der Waals surface area (Å²) in [6, 6.07) is 11.7. The van der Waals surface area contributed by atoms with Crippen molar-refractivity contribution in [2.24, 2.45) is 0 Å². The Hall–Kier alpha value is -4.08. The van der Waals surface area contributed by atoms with E-state index in [1.807, 2.05) is 0 Å². The second kappa shape index (κ2) is 8.08. The molecule has 2 heterocycles. The summed E-state index contributed by atoms with van der Waals surface area (Å²) in [6.07, 6.45) is 2.75. The number of hydrogen-bond donors (Lipinski definition) is 1. The Balaban J connectivity index is 2.09. The highest BCUT2D eigenvalue weighted by Crippen LogP contribution is 2.36. The molecule has 28 heavy (non-hydrogen) atoms. The number of pyridine rings is 1. The Kier molecular flexibility index (Phi) is 5.40. The summed E-state index contributed by atoms with van der Waals surface area (Å²) in [5, 5.41) is 14.6. The number of esters is 1. The van der Waals surface area contributed by atoms with Gasteiger partial charge in [-0.2, -0.15) is 0 Å². The first-order valence-electron chi connectivity index (χ1n) is 8.11. The molecular formula is C18H16N6O4. The van der Waals surface area contributed by atoms with Gasteiger partial charge in [-0.05, 0) is 24.3 Å². The second-order valence-electron chi connectivity index (χ2n) is 5.56. The standard InChI is InChI=1S/C18H16N6O4/c1-23(13-8-4-3-7-12(13)18(25)28-2)17-15(24(26)27)16(20-11-21-17)22-14-9-5-6-10-19-14/h3-11H,1-2H3,(H,19,20,21,22). The number of nitro groups is 1. The van der Waals surface area contributed by atoms with Gasteiger partial charge in [0.1, 0.15) is 12.1 Å². The fourth-order valence-electron chi connectivity index (χ4n) is 2.60. The Morgan fingerprint density at radius 2 is 1.89 bits per heavy atom. The van der Waals surface area contributed by atoms with Gasteiger partial charge in [-0.1, -0.05) is 18.2 Å². The van der Waals surface area contributed by atoms with Crippen LogP contribution < -0.4 is 10.2 Å². The van der Waals surface area contributed by atoms with Crippen LogP contribution >= 0.6 is 0 Å². The van der Waals surface area contributed by atoms with Gasteiger partial charge in [-0.25, -0.2) is 19.7 Å². The van der Waals surface area contributed by atoms with Crippen LogP contribution in [0.25, 0.3) is 0 Å². The lowest BCUT2D eigenvalue weighted by Crippen LogP contribution is -2.18. The minimum atomic E-state index is -0.585. The molecule has 0 amide bonds. The lowest BCUT2D eigenvalue weighted by atomic mass is 10.1. The molecule has 142 valence electrons. The number of ether oxygens (including phenoxy) is 1. The van der Waals surface area contributed by atoms with Crippen LogP contribution in [0.5, 0.6) is 0 Å². The fourth-order valence-corrected chi connectivity index (χ4v) is 2.60. The minimum absolute atomic E-state index is 0.00906. The van der Waals surface area contributed by atoms with Crippen LogP contribution in [0.1, 0.15) is 10.4 Å². The summed E-state index contributed by atoms with van der Waals surface area (Å²) in [7, 11) is 2.84. The van der Waals surface area contributed by atoms with Crippen molar-refractivity contribution in [3.8, 4) is 0 Å². The molecule has 10 heteroatoms. The number of carbonyl (C=O) groups excluding carboxylic acids is 1. The largest absolute Gasteiger partial charge is 0.465 e. The maximum atomic E-state index is 12.1. The molecule has 0 spiro atoms. The molecule has 2 aromatic heterocycles. The highest BCUT2D eigenvalue weighted by molar-refractivity contribution is 5.97. The second-order valence-corrected chi connectivity index (χ2v) is 5.56. The number of anilines is 4. The Morgan fingerprint density at radius 1 is 1.14 bits per heavy atom. The van der Waals surface area contributed by atoms with Crippen LogP contribution in [-0.4, -0.2) is 40.0 Å². The van der Waals surface area contributed by atoms with Gasteiger partial charge in [0, 0.05) is 13.2 Å². The molecule has 0 aliphatic carbocycles. The average Bonchev–Trinajstić information content (AvgIpc) is 2.73. The van der Waals surface area contributed by atoms with Gasteiger partial charge in [0.25, 0.3) is 0 Å². The van der Waals surface area contributed by atoms with E-state index in [-0.39, 0.29) is 22.9 Å². The zero-order valence-corrected chi connectivity index (χ0v) is 15.1. The van der Waals surface area contributed by atoms with E-state index in [1.54, 1.807) is 55.7 Å². The Morgan fingerprint density at radius 3 is 2.57 bits per heavy atom. The Bertz CT molecular complexity index is 1010. The van der Waals surface area contributed by atoms with Gasteiger partial charge < -0.3 is 15.0 Å². The molecule has 0 aliphatic heterocycles. The van der Waals surface area contributed by atoms with Gasteiger partial charge in [-0.15, -0.1) is 0 Å². The lowest BCUT2D eigenvalue weighted by Gasteiger charge is -2.21. The lowest BCUT2D eigenvalue weighted by molar-refractivity contribution is -0.383. The van der Waals surface area contributed by atoms with E-state index in [2.05, 4.69) is 20.3 Å². The maximum Gasteiger partial charge on any atom is 0.354 e. The predicted molar refractivity (Wildman–Crippen MR) is 102 cm³/mol. The number of hydrogen-bond acceptors (Lipinski definition) is 9. The molecule has 0 fully saturated rings. The number of para-hydroxylation sites is 1. The van der Waals surface area contributed by atoms with Gasteiger partial charge in [-0.3, -0.25) is 10.1 Å². The van der Waals surface area contributed by atoms with Crippen LogP contribution in [0.2, 0.25) is 0 Å². The van der Waals surface area contributed by atoms with Crippen LogP contribution in [0.3, 0.4) is 0 Å². The number of benzene rings is 1. The summed E-state index contributed by atoms with van der Waals surface area (Å²) in [5.74, 6) is -0.176. The topological polar surface area (TPSA) is 123 Å². The number of methoxy groups -OCH3 is 1. The van der Waals surface area contributed by atoms with Gasteiger partial charge in [0.15, 0.2) is 0 Å². The SMILES string of the molecule is COC(=O)c1ccccc1N(C)c1ncnc(Nc2ccccn2)c1[N+](=O)[O-]. The highest BCUT2D eigenvalue weighted by atomic mass is 16.6. The third-order valence-corrected chi connectivity index (χ3v) is 3.89. The predicted octanol–water partition coefficient (Wildman–Crippen LogP) is 3.08. The summed E-state index contributed by atoms with van der Waals surface area (Å²) < 4.78 is 4.79. The molecule has 1 aromatic carbocycles. The summed E-state index contributed by atoms with van der Waals surface area (Å²) in [6.45, 7) is 0. The van der Waals surface area contributed by atoms with Crippen molar-refractivity contribution in [1.82, 2.24) is 15.0 Å². The molecule has 1 N–H and O–H groups in total. The zero-order chi connectivity index (χ0) is 20.1. The Labute approximate surface area is 160 Å². The first-order valence-corrected chi connectivity index (χ1v) is 8.11. The van der Waals surface area contributed by atoms with E-state index in [0.29, 0.717) is 11.5 Å². The zero-order valence-electron chi connectivity index (χ0n) is 15.1. The molecule has 0 atom stereocenters. The van der Waals surface area contributed by atoms with Crippen molar-refractivity contribution in [2.75, 3.05) is 24.4 Å². The van der Waals surface area contributed by atoms with Crippen molar-refractivity contribution in [2.45, 2.75) is 0 Å². The van der Waals surface area contributed by atoms with E-state index in [0.717, 1.165) is 0 Å². The van der Waals surface area contributed by atoms with Crippen molar-refractivity contribution in [3.05, 3.63) is 70.7 Å². The van der Waals surface area contributed by atoms with E-state index < -0.39 is 10.9 Å². The van der Waals surface area contributed by atoms with Crippen molar-refractivity contribution in [1.29, 1.82) is 0 Å². The summed E-state index contributed by atoms with van der Waals surface area (Å²) in [4.78, 5) is 36.8. The van der Waals surface area contributed by atoms with Crippen LogP contribution in [0.15, 0.2) is 55.0 Å². The minimum Gasteiger partial charge on any atom is -0.465 e. The van der Waals surface area contributed by atoms with E-state index in [9.17, 15) is 14.9 Å². The van der Waals surface area contributed by atoms with Gasteiger partial charge in [0.05, 0.1) is 23.3 Å².